The first kappa shape index (κ1) is 21.1. The van der Waals surface area contributed by atoms with E-state index >= 15 is 0 Å². The number of urea groups is 1. The summed E-state index contributed by atoms with van der Waals surface area (Å²) >= 11 is 0. The minimum absolute atomic E-state index is 0.0394. The number of hydrogen-bond acceptors (Lipinski definition) is 3. The van der Waals surface area contributed by atoms with Crippen LogP contribution >= 0.6 is 0 Å². The van der Waals surface area contributed by atoms with Crippen LogP contribution in [0.1, 0.15) is 50.5 Å². The van der Waals surface area contributed by atoms with Gasteiger partial charge in [0.2, 0.25) is 5.91 Å². The van der Waals surface area contributed by atoms with Gasteiger partial charge in [0.05, 0.1) is 5.69 Å². The highest BCUT2D eigenvalue weighted by Crippen LogP contribution is 2.37. The number of amides is 4. The molecular weight excluding hydrogens is 387 g/mol. The van der Waals surface area contributed by atoms with E-state index in [2.05, 4.69) is 0 Å². The van der Waals surface area contributed by atoms with E-state index in [1.165, 1.54) is 12.1 Å². The number of rotatable bonds is 5. The molecule has 29 heavy (non-hydrogen) atoms. The third kappa shape index (κ3) is 4.09. The number of benzene rings is 1. The van der Waals surface area contributed by atoms with E-state index < -0.39 is 29.7 Å². The number of halogens is 3. The summed E-state index contributed by atoms with van der Waals surface area (Å²) in [6.45, 7) is 1.58. The summed E-state index contributed by atoms with van der Waals surface area (Å²) in [6.07, 6.45) is 0.284. The molecule has 1 aliphatic heterocycles. The molecular formula is C20H24F3N3O3. The van der Waals surface area contributed by atoms with Crippen molar-refractivity contribution in [2.24, 2.45) is 5.92 Å². The van der Waals surface area contributed by atoms with Crippen molar-refractivity contribution in [1.29, 1.82) is 0 Å². The monoisotopic (exact) mass is 411 g/mol. The van der Waals surface area contributed by atoms with Crippen LogP contribution in [0.15, 0.2) is 24.3 Å². The fourth-order valence-corrected chi connectivity index (χ4v) is 3.99. The molecule has 0 aromatic heterocycles. The highest BCUT2D eigenvalue weighted by molar-refractivity contribution is 6.24. The first-order chi connectivity index (χ1) is 13.7. The molecule has 0 bridgehead atoms. The van der Waals surface area contributed by atoms with E-state index in [1.807, 2.05) is 0 Å². The minimum atomic E-state index is -5.20. The summed E-state index contributed by atoms with van der Waals surface area (Å²) in [4.78, 5) is 37.9. The molecule has 158 valence electrons. The van der Waals surface area contributed by atoms with E-state index in [-0.39, 0.29) is 12.1 Å². The maximum absolute atomic E-state index is 13.9. The molecule has 1 saturated heterocycles. The number of para-hydroxylation sites is 1. The van der Waals surface area contributed by atoms with Crippen LogP contribution < -0.4 is 15.5 Å². The van der Waals surface area contributed by atoms with Crippen molar-refractivity contribution in [2.75, 3.05) is 4.90 Å². The van der Waals surface area contributed by atoms with Crippen LogP contribution in [-0.4, -0.2) is 29.7 Å². The van der Waals surface area contributed by atoms with Gasteiger partial charge in [0.1, 0.15) is 0 Å². The number of nitrogens with zero attached hydrogens (tertiary/aromatic N) is 1. The maximum Gasteiger partial charge on any atom is 0.440 e. The molecule has 2 N–H and O–H groups in total. The molecule has 1 aromatic rings. The number of anilines is 1. The lowest BCUT2D eigenvalue weighted by atomic mass is 9.86. The highest BCUT2D eigenvalue weighted by atomic mass is 19.4. The van der Waals surface area contributed by atoms with Gasteiger partial charge in [-0.2, -0.15) is 13.2 Å². The summed E-state index contributed by atoms with van der Waals surface area (Å²) in [5, 5.41) is 3.47. The Bertz CT molecular complexity index is 806. The van der Waals surface area contributed by atoms with E-state index in [4.69, 9.17) is 0 Å². The largest absolute Gasteiger partial charge is 0.440 e. The Morgan fingerprint density at radius 2 is 1.86 bits per heavy atom. The number of aryl methyl sites for hydroxylation is 1. The molecule has 6 nitrogen and oxygen atoms in total. The van der Waals surface area contributed by atoms with Gasteiger partial charge in [-0.1, -0.05) is 50.3 Å². The standard InChI is InChI=1S/C20H24F3N3O3/c1-13-7-5-6-10-15(13)26-17(28)19(20(21,22)23,25-18(26)29)24-16(27)12-11-14-8-3-2-4-9-14/h5-7,10,14H,2-4,8-9,11-12H2,1H3,(H,24,27)(H,25,29). The molecule has 1 heterocycles. The number of nitrogens with one attached hydrogen (secondary N) is 2. The number of alkyl halides is 3. The van der Waals surface area contributed by atoms with Crippen molar-refractivity contribution in [3.63, 3.8) is 0 Å². The van der Waals surface area contributed by atoms with Gasteiger partial charge >= 0.3 is 12.2 Å². The fourth-order valence-electron chi connectivity index (χ4n) is 3.99. The molecule has 4 amide bonds. The van der Waals surface area contributed by atoms with Gasteiger partial charge in [0, 0.05) is 6.42 Å². The van der Waals surface area contributed by atoms with Gasteiger partial charge in [-0.05, 0) is 30.9 Å². The lowest BCUT2D eigenvalue weighted by Crippen LogP contribution is -2.69. The second-order valence-corrected chi connectivity index (χ2v) is 7.70. The predicted octanol–water partition coefficient (Wildman–Crippen LogP) is 3.79. The van der Waals surface area contributed by atoms with Gasteiger partial charge in [0.15, 0.2) is 0 Å². The van der Waals surface area contributed by atoms with Crippen molar-refractivity contribution < 1.29 is 27.6 Å². The number of carbonyl (C=O) groups excluding carboxylic acids is 3. The van der Waals surface area contributed by atoms with E-state index in [9.17, 15) is 27.6 Å². The molecule has 2 fully saturated rings. The second-order valence-electron chi connectivity index (χ2n) is 7.70. The predicted molar refractivity (Wildman–Crippen MR) is 99.9 cm³/mol. The maximum atomic E-state index is 13.9. The number of imide groups is 1. The van der Waals surface area contributed by atoms with E-state index in [0.29, 0.717) is 22.8 Å². The fraction of sp³-hybridized carbons (Fsp3) is 0.550. The van der Waals surface area contributed by atoms with Crippen LogP contribution in [0.3, 0.4) is 0 Å². The SMILES string of the molecule is Cc1ccccc1N1C(=O)NC(NC(=O)CCC2CCCCC2)(C(F)(F)F)C1=O. The lowest BCUT2D eigenvalue weighted by molar-refractivity contribution is -0.201. The smallest absolute Gasteiger partial charge is 0.318 e. The van der Waals surface area contributed by atoms with Gasteiger partial charge in [-0.3, -0.25) is 14.9 Å². The molecule has 9 heteroatoms. The van der Waals surface area contributed by atoms with Crippen molar-refractivity contribution in [3.8, 4) is 0 Å². The topological polar surface area (TPSA) is 78.5 Å². The average molecular weight is 411 g/mol. The van der Waals surface area contributed by atoms with Gasteiger partial charge in [-0.25, -0.2) is 9.69 Å². The Morgan fingerprint density at radius 1 is 1.21 bits per heavy atom. The Labute approximate surface area is 166 Å². The highest BCUT2D eigenvalue weighted by Gasteiger charge is 2.69. The average Bonchev–Trinajstić information content (AvgIpc) is 2.92. The Morgan fingerprint density at radius 3 is 2.48 bits per heavy atom. The third-order valence-corrected chi connectivity index (χ3v) is 5.63. The molecule has 1 aromatic carbocycles. The molecule has 3 rings (SSSR count). The van der Waals surface area contributed by atoms with Crippen molar-refractivity contribution >= 4 is 23.5 Å². The molecule has 1 atom stereocenters. The minimum Gasteiger partial charge on any atom is -0.318 e. The van der Waals surface area contributed by atoms with Crippen molar-refractivity contribution in [3.05, 3.63) is 29.8 Å². The van der Waals surface area contributed by atoms with Crippen LogP contribution in [0.2, 0.25) is 0 Å². The second kappa shape index (κ2) is 8.04. The first-order valence-corrected chi connectivity index (χ1v) is 9.76. The summed E-state index contributed by atoms with van der Waals surface area (Å²) in [5.41, 5.74) is -2.97. The first-order valence-electron chi connectivity index (χ1n) is 9.76. The van der Waals surface area contributed by atoms with Gasteiger partial charge in [0.25, 0.3) is 11.6 Å². The zero-order valence-electron chi connectivity index (χ0n) is 16.1. The summed E-state index contributed by atoms with van der Waals surface area (Å²) < 4.78 is 41.7. The summed E-state index contributed by atoms with van der Waals surface area (Å²) in [6, 6.07) is 4.88. The molecule has 0 spiro atoms. The van der Waals surface area contributed by atoms with Crippen LogP contribution in [0.25, 0.3) is 0 Å². The van der Waals surface area contributed by atoms with E-state index in [0.717, 1.165) is 32.1 Å². The zero-order chi connectivity index (χ0) is 21.2. The molecule has 1 unspecified atom stereocenters. The van der Waals surface area contributed by atoms with Gasteiger partial charge in [-0.15, -0.1) is 0 Å². The van der Waals surface area contributed by atoms with Crippen molar-refractivity contribution in [2.45, 2.75) is 63.7 Å². The van der Waals surface area contributed by atoms with Crippen LogP contribution in [0.5, 0.6) is 0 Å². The van der Waals surface area contributed by atoms with E-state index in [1.54, 1.807) is 29.7 Å². The summed E-state index contributed by atoms with van der Waals surface area (Å²) in [5.74, 6) is -2.17. The summed E-state index contributed by atoms with van der Waals surface area (Å²) in [7, 11) is 0. The van der Waals surface area contributed by atoms with Crippen LogP contribution in [-0.2, 0) is 9.59 Å². The van der Waals surface area contributed by atoms with Crippen LogP contribution in [0, 0.1) is 12.8 Å². The molecule has 2 aliphatic rings. The number of carbonyl (C=O) groups is 3. The Kier molecular flexibility index (Phi) is 5.86. The molecule has 1 saturated carbocycles. The van der Waals surface area contributed by atoms with Crippen LogP contribution in [0.4, 0.5) is 23.7 Å². The Balaban J connectivity index is 1.80. The quantitative estimate of drug-likeness (QED) is 0.724. The molecule has 1 aliphatic carbocycles. The number of hydrogen-bond donors (Lipinski definition) is 2. The third-order valence-electron chi connectivity index (χ3n) is 5.63. The Hall–Kier alpha value is -2.58. The lowest BCUT2D eigenvalue weighted by Gasteiger charge is -2.30. The molecule has 0 radical (unpaired) electrons. The van der Waals surface area contributed by atoms with Crippen molar-refractivity contribution in [1.82, 2.24) is 10.6 Å². The normalized spacial score (nSPS) is 23.2. The van der Waals surface area contributed by atoms with Gasteiger partial charge < -0.3 is 5.32 Å². The zero-order valence-corrected chi connectivity index (χ0v) is 16.1.